The fraction of sp³-hybridized carbons (Fsp3) is 0.699. The van der Waals surface area contributed by atoms with Crippen molar-refractivity contribution in [3.8, 4) is 24.5 Å². The lowest BCUT2D eigenvalue weighted by Gasteiger charge is -2.11. The van der Waals surface area contributed by atoms with Gasteiger partial charge in [-0.1, -0.05) is 263 Å². The molecule has 0 saturated heterocycles. The van der Waals surface area contributed by atoms with E-state index in [2.05, 4.69) is 294 Å². The molecule has 0 amide bonds. The van der Waals surface area contributed by atoms with Crippen LogP contribution >= 0.6 is 0 Å². The summed E-state index contributed by atoms with van der Waals surface area (Å²) in [7, 11) is 4.15. The molecule has 1 rings (SSSR count). The average molecular weight is 1090 g/mol. The number of nitrogens with one attached hydrogen (secondary N) is 2. The van der Waals surface area contributed by atoms with Crippen LogP contribution in [-0.2, 0) is 0 Å². The number of hydrogen-bond acceptors (Lipinski definition) is 5. The van der Waals surface area contributed by atoms with Gasteiger partial charge in [0, 0.05) is 24.2 Å². The molecule has 0 atom stereocenters. The Labute approximate surface area is 496 Å². The van der Waals surface area contributed by atoms with E-state index in [0.29, 0.717) is 47.9 Å². The van der Waals surface area contributed by atoms with Crippen LogP contribution in [0.25, 0.3) is 0 Å². The number of hydrogen-bond donors (Lipinski definition) is 2. The molecule has 5 nitrogen and oxygen atoms in total. The van der Waals surface area contributed by atoms with Crippen molar-refractivity contribution in [3.63, 3.8) is 0 Å². The first-order chi connectivity index (χ1) is 35.5. The molecule has 1 fully saturated rings. The van der Waals surface area contributed by atoms with Crippen LogP contribution in [0.1, 0.15) is 240 Å². The Hall–Kier alpha value is -3.92. The van der Waals surface area contributed by atoms with Gasteiger partial charge in [0.25, 0.3) is 0 Å². The number of rotatable bonds is 19. The first kappa shape index (κ1) is 99.4. The summed E-state index contributed by atoms with van der Waals surface area (Å²) in [6.07, 6.45) is 40.0. The summed E-state index contributed by atoms with van der Waals surface area (Å²) >= 11 is 0. The molecule has 2 N–H and O–H groups in total. The van der Waals surface area contributed by atoms with Gasteiger partial charge in [-0.25, -0.2) is 0 Å². The van der Waals surface area contributed by atoms with Crippen molar-refractivity contribution in [2.24, 2.45) is 53.3 Å². The van der Waals surface area contributed by atoms with Crippen LogP contribution < -0.4 is 10.6 Å². The smallest absolute Gasteiger partial charge is 0.107 e. The number of unbranched alkanes of at least 4 members (excludes halogenated alkanes) is 1. The standard InChI is InChI=1S/C8H17N.C8H16.C7H12N2.2C7H14.C6H9N.C6H11N.3C6H12.C5H10.CH4/c1-8(2)6-5-7-9(3)4;1-4-5-6-7-8(2)3;1-6(2)9-7(5-8)3-4-7;2*1-4-5-6-7(2)3;1-5(2)6(3)4-7;1-4-5-7-6(2)3;1-5(2)6(3)4;2*1-4-5-6(2)3;1-4-5(2)3;/h5-6,8H,7H2,1-4H3;6-8H,4-5H2,1-3H3;6,9H,3-4H2,1-2H3;2*5-7H,4H2,1-3H3;5H,3H2,1-2H3;1,6-7H,5H2,2-3H3;6H,1H2,2-4H3;2*4-6H,1-3H3;4-5H,1H2,2-3H3;1H4/b6-5+;7-6+;;2*6-5+;;;;5-4+;5-4-;;. The molecule has 0 radical (unpaired) electrons. The van der Waals surface area contributed by atoms with Crippen LogP contribution in [0, 0.1) is 88.3 Å². The third-order valence-electron chi connectivity index (χ3n) is 9.07. The number of nitrogens with zero attached hydrogens (tertiary/aromatic N) is 3. The lowest BCUT2D eigenvalue weighted by atomic mass is 10.1. The third kappa shape index (κ3) is 145. The van der Waals surface area contributed by atoms with Crippen molar-refractivity contribution in [2.75, 3.05) is 27.2 Å². The molecule has 1 aliphatic rings. The molecule has 0 spiro atoms. The Morgan fingerprint density at radius 3 is 1.03 bits per heavy atom. The predicted molar refractivity (Wildman–Crippen MR) is 368 cm³/mol. The molecule has 0 aromatic rings. The highest BCUT2D eigenvalue weighted by atomic mass is 15.0. The Kier molecular flexibility index (Phi) is 98.6. The molecule has 0 aromatic carbocycles. The minimum atomic E-state index is -0.131. The van der Waals surface area contributed by atoms with Gasteiger partial charge in [0.2, 0.25) is 0 Å². The second kappa shape index (κ2) is 77.3. The molecule has 0 aromatic heterocycles. The Bertz CT molecular complexity index is 1470. The topological polar surface area (TPSA) is 74.9 Å². The normalized spacial score (nSPS) is 11.7. The van der Waals surface area contributed by atoms with Gasteiger partial charge < -0.3 is 10.2 Å². The fourth-order valence-electron chi connectivity index (χ4n) is 4.02. The number of allylic oxidation sites excluding steroid dienone is 14. The molecular formula is C73H143N5. The van der Waals surface area contributed by atoms with E-state index in [1.165, 1.54) is 18.4 Å². The van der Waals surface area contributed by atoms with E-state index in [9.17, 15) is 0 Å². The second-order valence-electron chi connectivity index (χ2n) is 23.1. The van der Waals surface area contributed by atoms with Crippen LogP contribution in [0.2, 0.25) is 0 Å². The van der Waals surface area contributed by atoms with Crippen molar-refractivity contribution in [1.29, 1.82) is 10.5 Å². The summed E-state index contributed by atoms with van der Waals surface area (Å²) in [5.41, 5.74) is 1.78. The van der Waals surface area contributed by atoms with Crippen molar-refractivity contribution in [1.82, 2.24) is 15.5 Å². The molecule has 5 heteroatoms. The van der Waals surface area contributed by atoms with Gasteiger partial charge in [-0.3, -0.25) is 5.32 Å². The summed E-state index contributed by atoms with van der Waals surface area (Å²) in [5.74, 6) is 8.39. The third-order valence-corrected chi connectivity index (χ3v) is 9.07. The Balaban J connectivity index is -0.0000000705. The van der Waals surface area contributed by atoms with E-state index >= 15 is 0 Å². The monoisotopic (exact) mass is 1090 g/mol. The average Bonchev–Trinajstić information content (AvgIpc) is 4.09. The maximum Gasteiger partial charge on any atom is 0.107 e. The van der Waals surface area contributed by atoms with Crippen LogP contribution in [0.15, 0.2) is 110 Å². The van der Waals surface area contributed by atoms with Gasteiger partial charge in [-0.15, -0.1) is 13.0 Å². The van der Waals surface area contributed by atoms with E-state index in [1.807, 2.05) is 46.8 Å². The highest BCUT2D eigenvalue weighted by molar-refractivity contribution is 5.18. The van der Waals surface area contributed by atoms with Gasteiger partial charge in [-0.2, -0.15) is 10.5 Å². The van der Waals surface area contributed by atoms with Crippen LogP contribution in [0.4, 0.5) is 0 Å². The van der Waals surface area contributed by atoms with E-state index in [4.69, 9.17) is 16.9 Å². The molecule has 0 bridgehead atoms. The van der Waals surface area contributed by atoms with Crippen molar-refractivity contribution in [2.45, 2.75) is 257 Å². The van der Waals surface area contributed by atoms with Crippen LogP contribution in [0.5, 0.6) is 0 Å². The van der Waals surface area contributed by atoms with E-state index in [0.717, 1.165) is 61.8 Å². The number of nitriles is 2. The number of terminal acetylenes is 1. The van der Waals surface area contributed by atoms with Crippen LogP contribution in [0.3, 0.4) is 0 Å². The van der Waals surface area contributed by atoms with Gasteiger partial charge >= 0.3 is 0 Å². The van der Waals surface area contributed by atoms with Crippen molar-refractivity contribution < 1.29 is 0 Å². The van der Waals surface area contributed by atoms with Gasteiger partial charge in [0.15, 0.2) is 0 Å². The van der Waals surface area contributed by atoms with Crippen LogP contribution in [-0.4, -0.2) is 49.7 Å². The highest BCUT2D eigenvalue weighted by Gasteiger charge is 2.43. The molecule has 460 valence electrons. The second-order valence-corrected chi connectivity index (χ2v) is 23.1. The van der Waals surface area contributed by atoms with Gasteiger partial charge in [0.05, 0.1) is 18.7 Å². The van der Waals surface area contributed by atoms with Crippen molar-refractivity contribution in [3.05, 3.63) is 110 Å². The first-order valence-corrected chi connectivity index (χ1v) is 29.8. The van der Waals surface area contributed by atoms with E-state index < -0.39 is 0 Å². The predicted octanol–water partition coefficient (Wildman–Crippen LogP) is 22.5. The zero-order valence-electron chi connectivity index (χ0n) is 57.6. The summed E-state index contributed by atoms with van der Waals surface area (Å²) in [4.78, 5) is 2.15. The van der Waals surface area contributed by atoms with E-state index in [-0.39, 0.29) is 13.0 Å². The molecule has 0 aliphatic heterocycles. The Morgan fingerprint density at radius 1 is 0.577 bits per heavy atom. The maximum absolute atomic E-state index is 8.59. The fourth-order valence-corrected chi connectivity index (χ4v) is 4.02. The highest BCUT2D eigenvalue weighted by Crippen LogP contribution is 2.34. The minimum Gasteiger partial charge on any atom is -0.306 e. The summed E-state index contributed by atoms with van der Waals surface area (Å²) in [6.45, 7) is 72.0. The Morgan fingerprint density at radius 2 is 0.910 bits per heavy atom. The molecule has 1 aliphatic carbocycles. The maximum atomic E-state index is 8.59. The lowest BCUT2D eigenvalue weighted by molar-refractivity contribution is 0.455. The quantitative estimate of drug-likeness (QED) is 0.0766. The zero-order chi connectivity index (χ0) is 63.0. The minimum absolute atomic E-state index is 0. The van der Waals surface area contributed by atoms with Crippen molar-refractivity contribution >= 4 is 0 Å². The summed E-state index contributed by atoms with van der Waals surface area (Å²) in [6, 6.07) is 5.19. The summed E-state index contributed by atoms with van der Waals surface area (Å²) < 4.78 is 0. The molecule has 0 unspecified atom stereocenters. The molecule has 1 saturated carbocycles. The molecular weight excluding hydrogens is 947 g/mol. The van der Waals surface area contributed by atoms with E-state index in [1.54, 1.807) is 0 Å². The number of likely N-dealkylation sites (N-methyl/N-ethyl adjacent to an activating group) is 1. The first-order valence-electron chi connectivity index (χ1n) is 29.8. The SMILES string of the molecule is C.C#CCNC(C)C.C/C=C/C(C)C.C/C=C\C(C)C.C=C(C#N)C(C)C.C=C(C)C(C)C.C=CC(C)C.CC(C)/C=C/CN(C)C.CC(C)NC1(C#N)CC1.CC/C=C/C(C)C.CC/C=C/C(C)C.CCC/C=C/C(C)C. The molecule has 78 heavy (non-hydrogen) atoms. The summed E-state index contributed by atoms with van der Waals surface area (Å²) in [5, 5.41) is 23.0. The van der Waals surface area contributed by atoms with Gasteiger partial charge in [-0.05, 0) is 148 Å². The molecule has 0 heterocycles. The lowest BCUT2D eigenvalue weighted by Crippen LogP contribution is -2.35. The van der Waals surface area contributed by atoms with Gasteiger partial charge in [0.1, 0.15) is 5.54 Å². The zero-order valence-corrected chi connectivity index (χ0v) is 57.6. The largest absolute Gasteiger partial charge is 0.306 e.